The van der Waals surface area contributed by atoms with Crippen molar-refractivity contribution in [1.29, 1.82) is 5.26 Å². The van der Waals surface area contributed by atoms with Gasteiger partial charge in [0.25, 0.3) is 13.1 Å². The second kappa shape index (κ2) is 18.6. The number of ether oxygens (including phenoxy) is 5. The Morgan fingerprint density at radius 3 is 1.96 bits per heavy atom. The van der Waals surface area contributed by atoms with Gasteiger partial charge in [0.2, 0.25) is 0 Å². The number of hydrogen-bond acceptors (Lipinski definition) is 10. The van der Waals surface area contributed by atoms with E-state index in [1.165, 1.54) is 17.9 Å². The van der Waals surface area contributed by atoms with Crippen LogP contribution in [0.2, 0.25) is 0 Å². The van der Waals surface area contributed by atoms with Gasteiger partial charge >= 0.3 is 5.69 Å². The molecule has 1 aliphatic rings. The Bertz CT molecular complexity index is 2040. The maximum absolute atomic E-state index is 15.2. The van der Waals surface area contributed by atoms with E-state index in [-0.39, 0.29) is 37.7 Å². The number of methoxy groups -OCH3 is 3. The van der Waals surface area contributed by atoms with E-state index in [1.807, 2.05) is 111 Å². The molecule has 1 fully saturated rings. The van der Waals surface area contributed by atoms with Crippen LogP contribution in [0.1, 0.15) is 68.8 Å². The fourth-order valence-electron chi connectivity index (χ4n) is 7.61. The van der Waals surface area contributed by atoms with Gasteiger partial charge < -0.3 is 28.2 Å². The summed E-state index contributed by atoms with van der Waals surface area (Å²) in [6.07, 6.45) is -1.29. The van der Waals surface area contributed by atoms with Gasteiger partial charge in [0.05, 0.1) is 45.2 Å². The molecule has 5 atom stereocenters. The van der Waals surface area contributed by atoms with E-state index in [1.54, 1.807) is 21.1 Å². The molecule has 1 aromatic heterocycles. The van der Waals surface area contributed by atoms with Gasteiger partial charge in [-0.25, -0.2) is 9.46 Å². The van der Waals surface area contributed by atoms with E-state index < -0.39 is 48.9 Å². The summed E-state index contributed by atoms with van der Waals surface area (Å²) in [5.41, 5.74) is 0.369. The van der Waals surface area contributed by atoms with Gasteiger partial charge in [-0.1, -0.05) is 54.6 Å². The molecule has 2 heterocycles. The van der Waals surface area contributed by atoms with Gasteiger partial charge in [-0.3, -0.25) is 18.9 Å². The largest absolute Gasteiger partial charge is 0.497 e. The lowest BCUT2D eigenvalue weighted by atomic mass is 9.80. The van der Waals surface area contributed by atoms with Crippen molar-refractivity contribution >= 4 is 7.52 Å². The molecule has 0 bridgehead atoms. The fraction of sp³-hybridized carbons (Fsp3) is 0.452. The minimum Gasteiger partial charge on any atom is -0.497 e. The maximum Gasteiger partial charge on any atom is 0.328 e. The van der Waals surface area contributed by atoms with Crippen LogP contribution in [0.5, 0.6) is 11.5 Å². The summed E-state index contributed by atoms with van der Waals surface area (Å²) in [6, 6.07) is 26.0. The molecule has 1 saturated heterocycles. The molecule has 0 radical (unpaired) electrons. The minimum atomic E-state index is -3.73. The van der Waals surface area contributed by atoms with Gasteiger partial charge in [0.15, 0.2) is 6.29 Å². The average Bonchev–Trinajstić information content (AvgIpc) is 3.19. The zero-order valence-electron chi connectivity index (χ0n) is 33.3. The van der Waals surface area contributed by atoms with Crippen LogP contribution in [-0.4, -0.2) is 78.9 Å². The molecule has 300 valence electrons. The smallest absolute Gasteiger partial charge is 0.328 e. The van der Waals surface area contributed by atoms with E-state index >= 15 is 4.57 Å². The fourth-order valence-corrected chi connectivity index (χ4v) is 10.5. The van der Waals surface area contributed by atoms with Crippen LogP contribution in [0.15, 0.2) is 94.6 Å². The minimum absolute atomic E-state index is 0.00326. The summed E-state index contributed by atoms with van der Waals surface area (Å²) in [6.45, 7) is 9.25. The van der Waals surface area contributed by atoms with Gasteiger partial charge in [-0.05, 0) is 75.6 Å². The number of nitrogens with zero attached hydrogens (tertiary/aromatic N) is 3. The number of H-pyrrole nitrogens is 1. The summed E-state index contributed by atoms with van der Waals surface area (Å²) in [5, 5.41) is 9.66. The van der Waals surface area contributed by atoms with Crippen LogP contribution in [0.3, 0.4) is 0 Å². The van der Waals surface area contributed by atoms with Crippen LogP contribution in [0, 0.1) is 18.3 Å². The molecule has 4 aromatic rings. The van der Waals surface area contributed by atoms with Gasteiger partial charge in [-0.2, -0.15) is 5.26 Å². The summed E-state index contributed by atoms with van der Waals surface area (Å²) in [5.74, 6) is 1.34. The normalized spacial score (nSPS) is 19.8. The lowest BCUT2D eigenvalue weighted by Gasteiger charge is -2.45. The van der Waals surface area contributed by atoms with Crippen LogP contribution in [0.4, 0.5) is 0 Å². The number of benzene rings is 3. The van der Waals surface area contributed by atoms with E-state index in [4.69, 9.17) is 28.2 Å². The second-order valence-corrected chi connectivity index (χ2v) is 16.8. The third-order valence-electron chi connectivity index (χ3n) is 10.1. The van der Waals surface area contributed by atoms with Gasteiger partial charge in [-0.15, -0.1) is 0 Å². The first-order valence-electron chi connectivity index (χ1n) is 18.7. The number of hydrogen-bond donors (Lipinski definition) is 1. The highest BCUT2D eigenvalue weighted by Gasteiger charge is 2.48. The molecule has 0 saturated carbocycles. The zero-order valence-corrected chi connectivity index (χ0v) is 34.2. The standard InChI is InChI=1S/C42H53N4O9P/c1-28(2)46(29(3)4)56(49,24-12-23-43)55-37-25-36(45-26-30(5)39(47)44-41(45)48)40(52-8)54-38(37)27-53-42(31-13-10-9-11-14-31,32-15-19-34(50-6)20-16-32)33-17-21-35(51-7)22-18-33/h9-11,13-22,26,28-29,36-38,40H,12,24-25,27H2,1-8H3,(H,44,47,48)/t36-,37+,38-,40?,56?/m1/s1. The molecule has 3 aromatic carbocycles. The lowest BCUT2D eigenvalue weighted by molar-refractivity contribution is -0.245. The molecule has 0 amide bonds. The number of aromatic amines is 1. The molecular weight excluding hydrogens is 735 g/mol. The molecule has 1 aliphatic heterocycles. The molecule has 0 aliphatic carbocycles. The first kappa shape index (κ1) is 42.6. The van der Waals surface area contributed by atoms with Crippen molar-refractivity contribution in [2.24, 2.45) is 0 Å². The number of aryl methyl sites for hydroxylation is 1. The molecular formula is C42H53N4O9P. The van der Waals surface area contributed by atoms with Crippen molar-refractivity contribution in [2.75, 3.05) is 34.1 Å². The SMILES string of the molecule is COc1ccc(C(OC[C@H]2OC(OC)[C@H](n3cc(C)c(=O)[nH]c3=O)C[C@@H]2OP(=O)(CCC#N)N(C(C)C)C(C)C)(c2ccccc2)c2ccc(OC)cc2)cc1. The summed E-state index contributed by atoms with van der Waals surface area (Å²) >= 11 is 0. The predicted molar refractivity (Wildman–Crippen MR) is 213 cm³/mol. The topological polar surface area (TPSA) is 154 Å². The monoisotopic (exact) mass is 788 g/mol. The van der Waals surface area contributed by atoms with Gasteiger partial charge in [0, 0.05) is 43.8 Å². The molecule has 56 heavy (non-hydrogen) atoms. The Hall–Kier alpha value is -4.54. The Morgan fingerprint density at radius 2 is 1.46 bits per heavy atom. The van der Waals surface area contributed by atoms with Crippen LogP contribution >= 0.6 is 7.52 Å². The average molecular weight is 789 g/mol. The van der Waals surface area contributed by atoms with Crippen LogP contribution in [0.25, 0.3) is 0 Å². The summed E-state index contributed by atoms with van der Waals surface area (Å²) < 4.78 is 56.0. The zero-order chi connectivity index (χ0) is 40.6. The lowest BCUT2D eigenvalue weighted by Crippen LogP contribution is -2.52. The molecule has 14 heteroatoms. The molecule has 2 unspecified atom stereocenters. The third-order valence-corrected chi connectivity index (χ3v) is 13.1. The van der Waals surface area contributed by atoms with E-state index in [0.29, 0.717) is 17.1 Å². The van der Waals surface area contributed by atoms with Crippen molar-refractivity contribution in [3.05, 3.63) is 128 Å². The van der Waals surface area contributed by atoms with Crippen molar-refractivity contribution in [1.82, 2.24) is 14.2 Å². The van der Waals surface area contributed by atoms with Crippen molar-refractivity contribution in [3.8, 4) is 17.6 Å². The van der Waals surface area contributed by atoms with Gasteiger partial charge in [0.1, 0.15) is 23.2 Å². The van der Waals surface area contributed by atoms with E-state index in [9.17, 15) is 14.9 Å². The van der Waals surface area contributed by atoms with Crippen LogP contribution < -0.4 is 20.7 Å². The second-order valence-electron chi connectivity index (χ2n) is 14.4. The number of aromatic nitrogens is 2. The number of nitrogens with one attached hydrogen (secondary N) is 1. The van der Waals surface area contributed by atoms with E-state index in [0.717, 1.165) is 16.7 Å². The summed E-state index contributed by atoms with van der Waals surface area (Å²) in [4.78, 5) is 28.0. The predicted octanol–water partition coefficient (Wildman–Crippen LogP) is 6.78. The molecule has 1 N–H and O–H groups in total. The van der Waals surface area contributed by atoms with Crippen molar-refractivity contribution in [2.45, 2.75) is 89.7 Å². The Morgan fingerprint density at radius 1 is 0.911 bits per heavy atom. The first-order valence-corrected chi connectivity index (χ1v) is 20.5. The number of nitriles is 1. The number of rotatable bonds is 17. The highest BCUT2D eigenvalue weighted by molar-refractivity contribution is 7.56. The van der Waals surface area contributed by atoms with Crippen molar-refractivity contribution < 1.29 is 32.8 Å². The third kappa shape index (κ3) is 9.02. The van der Waals surface area contributed by atoms with Crippen molar-refractivity contribution in [3.63, 3.8) is 0 Å². The highest BCUT2D eigenvalue weighted by atomic mass is 31.2. The Labute approximate surface area is 328 Å². The summed E-state index contributed by atoms with van der Waals surface area (Å²) in [7, 11) is 0.954. The van der Waals surface area contributed by atoms with E-state index in [2.05, 4.69) is 11.1 Å². The molecule has 0 spiro atoms. The Kier molecular flexibility index (Phi) is 14.2. The molecule has 13 nitrogen and oxygen atoms in total. The van der Waals surface area contributed by atoms with Crippen LogP contribution in [-0.2, 0) is 28.9 Å². The maximum atomic E-state index is 15.2. The Balaban J connectivity index is 1.67. The quantitative estimate of drug-likeness (QED) is 0.0889. The molecule has 5 rings (SSSR count). The first-order chi connectivity index (χ1) is 26.8. The highest BCUT2D eigenvalue weighted by Crippen LogP contribution is 2.56.